The second-order valence-corrected chi connectivity index (χ2v) is 13.1. The van der Waals surface area contributed by atoms with Gasteiger partial charge in [0, 0.05) is 35.5 Å². The summed E-state index contributed by atoms with van der Waals surface area (Å²) in [6.45, 7) is 3.88. The Labute approximate surface area is 287 Å². The number of likely N-dealkylation sites (tertiary alicyclic amines) is 1. The molecule has 1 saturated heterocycles. The zero-order chi connectivity index (χ0) is 35.2. The quantitative estimate of drug-likeness (QED) is 0.309. The maximum Gasteiger partial charge on any atom is 0.573 e. The van der Waals surface area contributed by atoms with Crippen molar-refractivity contribution in [2.75, 3.05) is 18.0 Å². The third kappa shape index (κ3) is 6.95. The minimum absolute atomic E-state index is 0.0364. The summed E-state index contributed by atoms with van der Waals surface area (Å²) in [6.07, 6.45) is -2.18. The largest absolute Gasteiger partial charge is 0.573 e. The Hall–Kier alpha value is -4.63. The van der Waals surface area contributed by atoms with Crippen LogP contribution >= 0.6 is 23.2 Å². The zero-order valence-corrected chi connectivity index (χ0v) is 27.6. The van der Waals surface area contributed by atoms with Crippen molar-refractivity contribution in [2.45, 2.75) is 57.5 Å². The van der Waals surface area contributed by atoms with Crippen molar-refractivity contribution in [2.24, 2.45) is 11.1 Å². The number of nitrogens with one attached hydrogen (secondary N) is 1. The molecule has 1 N–H and O–H groups in total. The molecule has 1 fully saturated rings. The van der Waals surface area contributed by atoms with Crippen LogP contribution < -0.4 is 15.0 Å². The SMILES string of the molecule is CC(NC(=O)c1cnc2n1[C@](C)(Cc1ccc(OC(F)(F)F)cc1)C(=O)N2c1cc(Cl)cc(Cl)c1)C(=O)N1CCCC(C2=NOC(=O)C2)C1. The molecule has 3 aromatic rings. The number of piperidine rings is 1. The van der Waals surface area contributed by atoms with Gasteiger partial charge in [-0.25, -0.2) is 14.7 Å². The maximum absolute atomic E-state index is 14.3. The fraction of sp³-hybridized carbons (Fsp3) is 0.375. The molecule has 258 valence electrons. The fourth-order valence-electron chi connectivity index (χ4n) is 6.43. The second-order valence-electron chi connectivity index (χ2n) is 12.2. The predicted octanol–water partition coefficient (Wildman–Crippen LogP) is 5.38. The average Bonchev–Trinajstić information content (AvgIpc) is 3.72. The molecule has 3 amide bonds. The Morgan fingerprint density at radius 2 is 1.84 bits per heavy atom. The van der Waals surface area contributed by atoms with Crippen LogP contribution in [0.1, 0.15) is 49.2 Å². The molecule has 3 aliphatic heterocycles. The van der Waals surface area contributed by atoms with Crippen LogP contribution in [-0.4, -0.2) is 69.3 Å². The summed E-state index contributed by atoms with van der Waals surface area (Å²) in [5.41, 5.74) is -0.225. The minimum Gasteiger partial charge on any atom is -0.406 e. The summed E-state index contributed by atoms with van der Waals surface area (Å²) in [6, 6.07) is 8.56. The van der Waals surface area contributed by atoms with Gasteiger partial charge >= 0.3 is 12.3 Å². The zero-order valence-electron chi connectivity index (χ0n) is 26.1. The van der Waals surface area contributed by atoms with E-state index in [1.165, 1.54) is 46.0 Å². The van der Waals surface area contributed by atoms with Crippen LogP contribution in [0, 0.1) is 5.92 Å². The molecular weight excluding hydrogens is 692 g/mol. The molecule has 6 rings (SSSR count). The first-order chi connectivity index (χ1) is 23.1. The van der Waals surface area contributed by atoms with Gasteiger partial charge in [0.2, 0.25) is 11.9 Å². The number of aromatic nitrogens is 2. The number of oxime groups is 1. The molecule has 3 aliphatic rings. The number of amides is 3. The lowest BCUT2D eigenvalue weighted by Crippen LogP contribution is -2.51. The number of carbonyl (C=O) groups excluding carboxylic acids is 4. The van der Waals surface area contributed by atoms with Crippen molar-refractivity contribution in [3.63, 3.8) is 0 Å². The number of ether oxygens (including phenoxy) is 1. The van der Waals surface area contributed by atoms with E-state index in [1.807, 2.05) is 0 Å². The monoisotopic (exact) mass is 720 g/mol. The van der Waals surface area contributed by atoms with Crippen molar-refractivity contribution in [1.82, 2.24) is 19.8 Å². The smallest absolute Gasteiger partial charge is 0.406 e. The topological polar surface area (TPSA) is 135 Å². The van der Waals surface area contributed by atoms with E-state index in [1.54, 1.807) is 18.7 Å². The van der Waals surface area contributed by atoms with E-state index in [0.29, 0.717) is 30.8 Å². The van der Waals surface area contributed by atoms with Crippen LogP contribution in [0.3, 0.4) is 0 Å². The molecular formula is C32H29Cl2F3N6O6. The lowest BCUT2D eigenvalue weighted by molar-refractivity contribution is -0.274. The number of anilines is 2. The van der Waals surface area contributed by atoms with Gasteiger partial charge in [-0.2, -0.15) is 0 Å². The summed E-state index contributed by atoms with van der Waals surface area (Å²) in [5.74, 6) is -2.50. The van der Waals surface area contributed by atoms with Gasteiger partial charge in [0.1, 0.15) is 23.0 Å². The van der Waals surface area contributed by atoms with Gasteiger partial charge in [0.05, 0.1) is 24.0 Å². The number of imidazole rings is 1. The Balaban J connectivity index is 1.28. The molecule has 4 heterocycles. The highest BCUT2D eigenvalue weighted by Gasteiger charge is 2.51. The van der Waals surface area contributed by atoms with Crippen molar-refractivity contribution in [3.05, 3.63) is 70.0 Å². The second kappa shape index (κ2) is 13.0. The molecule has 1 aromatic heterocycles. The third-order valence-corrected chi connectivity index (χ3v) is 9.09. The molecule has 0 spiro atoms. The Bertz CT molecular complexity index is 1850. The van der Waals surface area contributed by atoms with Crippen LogP contribution in [0.15, 0.2) is 53.8 Å². The van der Waals surface area contributed by atoms with E-state index in [-0.39, 0.29) is 52.0 Å². The number of benzene rings is 2. The molecule has 0 aliphatic carbocycles. The number of fused-ring (bicyclic) bond motifs is 1. The molecule has 2 aromatic carbocycles. The van der Waals surface area contributed by atoms with Crippen molar-refractivity contribution >= 4 is 64.2 Å². The van der Waals surface area contributed by atoms with E-state index in [4.69, 9.17) is 28.0 Å². The van der Waals surface area contributed by atoms with Crippen LogP contribution in [-0.2, 0) is 31.2 Å². The highest BCUT2D eigenvalue weighted by atomic mass is 35.5. The summed E-state index contributed by atoms with van der Waals surface area (Å²) in [7, 11) is 0. The first kappa shape index (κ1) is 34.2. The molecule has 0 bridgehead atoms. The standard InChI is InChI=1S/C32H29Cl2F3N6O6/c1-17(28(46)41-9-3-4-19(16-41)24-13-26(44)49-40-24)39-27(45)25-15-38-30-42(22-11-20(33)10-21(34)12-22)29(47)31(2,43(25)30)14-18-5-7-23(8-6-18)48-32(35,36)37/h5-8,10-12,15,17,19H,3-4,9,13-14,16H2,1-2H3,(H,39,45)/t17?,19?,31-/m1/s1. The highest BCUT2D eigenvalue weighted by molar-refractivity contribution is 6.35. The highest BCUT2D eigenvalue weighted by Crippen LogP contribution is 2.43. The molecule has 17 heteroatoms. The van der Waals surface area contributed by atoms with Crippen molar-refractivity contribution in [1.29, 1.82) is 0 Å². The van der Waals surface area contributed by atoms with Gasteiger partial charge in [0.25, 0.3) is 11.8 Å². The molecule has 3 atom stereocenters. The van der Waals surface area contributed by atoms with Crippen LogP contribution in [0.4, 0.5) is 24.8 Å². The van der Waals surface area contributed by atoms with E-state index in [0.717, 1.165) is 18.6 Å². The Kier molecular flexibility index (Phi) is 9.09. The predicted molar refractivity (Wildman–Crippen MR) is 171 cm³/mol. The summed E-state index contributed by atoms with van der Waals surface area (Å²) >= 11 is 12.5. The molecule has 49 heavy (non-hydrogen) atoms. The molecule has 0 radical (unpaired) electrons. The number of halogens is 5. The first-order valence-corrected chi connectivity index (χ1v) is 16.0. The van der Waals surface area contributed by atoms with Gasteiger partial charge in [-0.05, 0) is 62.6 Å². The number of hydrogen-bond donors (Lipinski definition) is 1. The van der Waals surface area contributed by atoms with Crippen LogP contribution in [0.5, 0.6) is 5.75 Å². The van der Waals surface area contributed by atoms with Gasteiger partial charge in [-0.3, -0.25) is 19.0 Å². The normalized spacial score (nSPS) is 21.3. The number of alkyl halides is 3. The fourth-order valence-corrected chi connectivity index (χ4v) is 6.95. The van der Waals surface area contributed by atoms with E-state index >= 15 is 0 Å². The van der Waals surface area contributed by atoms with Crippen molar-refractivity contribution in [3.8, 4) is 5.75 Å². The average molecular weight is 722 g/mol. The molecule has 0 saturated carbocycles. The Morgan fingerprint density at radius 3 is 2.47 bits per heavy atom. The lowest BCUT2D eigenvalue weighted by atomic mass is 9.91. The first-order valence-electron chi connectivity index (χ1n) is 15.2. The van der Waals surface area contributed by atoms with Gasteiger partial charge in [-0.1, -0.05) is 40.5 Å². The van der Waals surface area contributed by atoms with Crippen LogP contribution in [0.25, 0.3) is 0 Å². The number of carbonyl (C=O) groups is 4. The number of nitrogens with zero attached hydrogens (tertiary/aromatic N) is 5. The molecule has 12 nitrogen and oxygen atoms in total. The van der Waals surface area contributed by atoms with Gasteiger partial charge in [-0.15, -0.1) is 13.2 Å². The number of hydrogen-bond acceptors (Lipinski definition) is 8. The number of rotatable bonds is 8. The minimum atomic E-state index is -4.88. The molecule has 2 unspecified atom stereocenters. The third-order valence-electron chi connectivity index (χ3n) is 8.66. The van der Waals surface area contributed by atoms with E-state index < -0.39 is 41.5 Å². The summed E-state index contributed by atoms with van der Waals surface area (Å²) < 4.78 is 43.7. The van der Waals surface area contributed by atoms with Gasteiger partial charge < -0.3 is 19.8 Å². The summed E-state index contributed by atoms with van der Waals surface area (Å²) in [4.78, 5) is 65.1. The van der Waals surface area contributed by atoms with Gasteiger partial charge in [0.15, 0.2) is 0 Å². The Morgan fingerprint density at radius 1 is 1.14 bits per heavy atom. The van der Waals surface area contributed by atoms with E-state index in [9.17, 15) is 32.3 Å². The lowest BCUT2D eigenvalue weighted by Gasteiger charge is -2.34. The summed E-state index contributed by atoms with van der Waals surface area (Å²) in [5, 5.41) is 7.06. The van der Waals surface area contributed by atoms with E-state index in [2.05, 4.69) is 20.2 Å². The maximum atomic E-state index is 14.3. The van der Waals surface area contributed by atoms with Crippen molar-refractivity contribution < 1.29 is 41.9 Å². The van der Waals surface area contributed by atoms with Crippen LogP contribution in [0.2, 0.25) is 10.0 Å².